The molecule has 0 spiro atoms. The van der Waals surface area contributed by atoms with E-state index in [-0.39, 0.29) is 11.8 Å². The van der Waals surface area contributed by atoms with Crippen LogP contribution < -0.4 is 16.0 Å². The second-order valence-electron chi connectivity index (χ2n) is 4.59. The standard InChI is InChI=1S/C13H20N4OS/c1-8-5-6-16-12(10(8)11(14)19)17(4)7-9(2)13(18)15-3/h5-6,9H,7H2,1-4H3,(H2,14,19)(H,15,18). The van der Waals surface area contributed by atoms with Gasteiger partial charge in [-0.25, -0.2) is 4.98 Å². The Bertz CT molecular complexity index is 490. The van der Waals surface area contributed by atoms with Gasteiger partial charge in [-0.2, -0.15) is 0 Å². The monoisotopic (exact) mass is 280 g/mol. The topological polar surface area (TPSA) is 71.2 Å². The van der Waals surface area contributed by atoms with Gasteiger partial charge in [-0.05, 0) is 18.6 Å². The van der Waals surface area contributed by atoms with Gasteiger partial charge in [0, 0.05) is 26.8 Å². The van der Waals surface area contributed by atoms with Crippen molar-refractivity contribution in [3.63, 3.8) is 0 Å². The maximum absolute atomic E-state index is 11.6. The zero-order chi connectivity index (χ0) is 14.6. The number of anilines is 1. The fraction of sp³-hybridized carbons (Fsp3) is 0.462. The van der Waals surface area contributed by atoms with Crippen molar-refractivity contribution in [2.24, 2.45) is 11.7 Å². The normalized spacial score (nSPS) is 11.8. The van der Waals surface area contributed by atoms with E-state index in [0.29, 0.717) is 17.4 Å². The number of nitrogens with two attached hydrogens (primary N) is 1. The van der Waals surface area contributed by atoms with Crippen LogP contribution in [0.4, 0.5) is 5.82 Å². The summed E-state index contributed by atoms with van der Waals surface area (Å²) >= 11 is 5.08. The largest absolute Gasteiger partial charge is 0.389 e. The predicted octanol–water partition coefficient (Wildman–Crippen LogP) is 0.843. The van der Waals surface area contributed by atoms with Gasteiger partial charge in [0.2, 0.25) is 5.91 Å². The molecule has 0 fully saturated rings. The maximum atomic E-state index is 11.6. The number of hydrogen-bond donors (Lipinski definition) is 2. The summed E-state index contributed by atoms with van der Waals surface area (Å²) in [5.41, 5.74) is 7.51. The molecule has 104 valence electrons. The van der Waals surface area contributed by atoms with Crippen molar-refractivity contribution in [3.8, 4) is 0 Å². The van der Waals surface area contributed by atoms with Gasteiger partial charge >= 0.3 is 0 Å². The van der Waals surface area contributed by atoms with Crippen LogP contribution in [-0.4, -0.2) is 36.5 Å². The number of pyridine rings is 1. The maximum Gasteiger partial charge on any atom is 0.224 e. The second kappa shape index (κ2) is 6.47. The molecular weight excluding hydrogens is 260 g/mol. The van der Waals surface area contributed by atoms with Crippen LogP contribution in [0.1, 0.15) is 18.1 Å². The molecule has 0 saturated heterocycles. The van der Waals surface area contributed by atoms with Gasteiger partial charge in [0.25, 0.3) is 0 Å². The summed E-state index contributed by atoms with van der Waals surface area (Å²) in [7, 11) is 3.51. The van der Waals surface area contributed by atoms with E-state index in [4.69, 9.17) is 18.0 Å². The summed E-state index contributed by atoms with van der Waals surface area (Å²) in [5, 5.41) is 2.63. The number of hydrogen-bond acceptors (Lipinski definition) is 4. The zero-order valence-electron chi connectivity index (χ0n) is 11.7. The Labute approximate surface area is 119 Å². The molecule has 0 radical (unpaired) electrons. The van der Waals surface area contributed by atoms with E-state index in [1.807, 2.05) is 31.9 Å². The number of aromatic nitrogens is 1. The molecule has 5 nitrogen and oxygen atoms in total. The summed E-state index contributed by atoms with van der Waals surface area (Å²) in [6, 6.07) is 1.87. The third kappa shape index (κ3) is 3.64. The molecule has 1 aromatic heterocycles. The first-order valence-corrected chi connectivity index (χ1v) is 6.47. The van der Waals surface area contributed by atoms with Crippen LogP contribution in [0.25, 0.3) is 0 Å². The fourth-order valence-corrected chi connectivity index (χ4v) is 2.22. The van der Waals surface area contributed by atoms with Crippen molar-refractivity contribution in [1.82, 2.24) is 10.3 Å². The number of aryl methyl sites for hydroxylation is 1. The Morgan fingerprint density at radius 2 is 2.26 bits per heavy atom. The summed E-state index contributed by atoms with van der Waals surface area (Å²) in [6.45, 7) is 4.35. The molecular formula is C13H20N4OS. The van der Waals surface area contributed by atoms with Gasteiger partial charge < -0.3 is 16.0 Å². The van der Waals surface area contributed by atoms with E-state index in [0.717, 1.165) is 11.1 Å². The molecule has 0 aliphatic carbocycles. The molecule has 0 aliphatic rings. The smallest absolute Gasteiger partial charge is 0.224 e. The minimum atomic E-state index is -0.142. The number of rotatable bonds is 5. The predicted molar refractivity (Wildman–Crippen MR) is 81.4 cm³/mol. The molecule has 19 heavy (non-hydrogen) atoms. The Hall–Kier alpha value is -1.69. The quantitative estimate of drug-likeness (QED) is 0.782. The molecule has 3 N–H and O–H groups in total. The SMILES string of the molecule is CNC(=O)C(C)CN(C)c1nccc(C)c1C(N)=S. The van der Waals surface area contributed by atoms with Crippen molar-refractivity contribution in [2.45, 2.75) is 13.8 Å². The number of nitrogens with zero attached hydrogens (tertiary/aromatic N) is 2. The third-order valence-corrected chi connectivity index (χ3v) is 3.19. The highest BCUT2D eigenvalue weighted by atomic mass is 32.1. The van der Waals surface area contributed by atoms with Gasteiger partial charge in [0.05, 0.1) is 11.5 Å². The number of nitrogens with one attached hydrogen (secondary N) is 1. The first-order valence-electron chi connectivity index (χ1n) is 6.06. The van der Waals surface area contributed by atoms with Crippen molar-refractivity contribution >= 4 is 28.9 Å². The average molecular weight is 280 g/mol. The first-order chi connectivity index (χ1) is 8.88. The highest BCUT2D eigenvalue weighted by Crippen LogP contribution is 2.20. The van der Waals surface area contributed by atoms with Crippen LogP contribution in [0, 0.1) is 12.8 Å². The zero-order valence-corrected chi connectivity index (χ0v) is 12.5. The fourth-order valence-electron chi connectivity index (χ4n) is 1.96. The number of thiocarbonyl (C=S) groups is 1. The summed E-state index contributed by atoms with van der Waals surface area (Å²) in [4.78, 5) is 18.1. The van der Waals surface area contributed by atoms with Crippen LogP contribution in [-0.2, 0) is 4.79 Å². The van der Waals surface area contributed by atoms with Crippen LogP contribution in [0.15, 0.2) is 12.3 Å². The molecule has 1 rings (SSSR count). The molecule has 0 aromatic carbocycles. The van der Waals surface area contributed by atoms with Crippen LogP contribution in [0.2, 0.25) is 0 Å². The van der Waals surface area contributed by atoms with Crippen molar-refractivity contribution < 1.29 is 4.79 Å². The Kier molecular flexibility index (Phi) is 5.23. The molecule has 1 aromatic rings. The number of carbonyl (C=O) groups is 1. The molecule has 0 aliphatic heterocycles. The van der Waals surface area contributed by atoms with Crippen molar-refractivity contribution in [2.75, 3.05) is 25.5 Å². The Balaban J connectivity index is 3.00. The lowest BCUT2D eigenvalue weighted by Gasteiger charge is -2.24. The molecule has 1 heterocycles. The van der Waals surface area contributed by atoms with E-state index < -0.39 is 0 Å². The minimum absolute atomic E-state index is 0.00335. The van der Waals surface area contributed by atoms with Crippen LogP contribution >= 0.6 is 12.2 Å². The van der Waals surface area contributed by atoms with E-state index in [9.17, 15) is 4.79 Å². The molecule has 6 heteroatoms. The van der Waals surface area contributed by atoms with Crippen LogP contribution in [0.5, 0.6) is 0 Å². The third-order valence-electron chi connectivity index (χ3n) is 2.99. The minimum Gasteiger partial charge on any atom is -0.389 e. The van der Waals surface area contributed by atoms with Crippen molar-refractivity contribution in [1.29, 1.82) is 0 Å². The molecule has 1 unspecified atom stereocenters. The summed E-state index contributed by atoms with van der Waals surface area (Å²) < 4.78 is 0. The van der Waals surface area contributed by atoms with Gasteiger partial charge in [0.1, 0.15) is 10.8 Å². The Morgan fingerprint density at radius 1 is 1.63 bits per heavy atom. The lowest BCUT2D eigenvalue weighted by Crippen LogP contribution is -2.35. The van der Waals surface area contributed by atoms with Crippen molar-refractivity contribution in [3.05, 3.63) is 23.4 Å². The first kappa shape index (κ1) is 15.4. The lowest BCUT2D eigenvalue weighted by atomic mass is 10.1. The second-order valence-corrected chi connectivity index (χ2v) is 5.03. The van der Waals surface area contributed by atoms with Gasteiger partial charge in [-0.1, -0.05) is 19.1 Å². The highest BCUT2D eigenvalue weighted by Gasteiger charge is 2.18. The highest BCUT2D eigenvalue weighted by molar-refractivity contribution is 7.80. The molecule has 0 bridgehead atoms. The van der Waals surface area contributed by atoms with E-state index >= 15 is 0 Å². The Morgan fingerprint density at radius 3 is 2.79 bits per heavy atom. The summed E-state index contributed by atoms with van der Waals surface area (Å²) in [5.74, 6) is 0.566. The van der Waals surface area contributed by atoms with E-state index in [2.05, 4.69) is 10.3 Å². The molecule has 1 amide bonds. The summed E-state index contributed by atoms with van der Waals surface area (Å²) in [6.07, 6.45) is 1.72. The van der Waals surface area contributed by atoms with Gasteiger partial charge in [0.15, 0.2) is 0 Å². The molecule has 0 saturated carbocycles. The number of carbonyl (C=O) groups excluding carboxylic acids is 1. The van der Waals surface area contributed by atoms with Gasteiger partial charge in [-0.15, -0.1) is 0 Å². The lowest BCUT2D eigenvalue weighted by molar-refractivity contribution is -0.123. The number of amides is 1. The van der Waals surface area contributed by atoms with Crippen LogP contribution in [0.3, 0.4) is 0 Å². The van der Waals surface area contributed by atoms with E-state index in [1.54, 1.807) is 13.2 Å². The average Bonchev–Trinajstić information content (AvgIpc) is 2.36. The van der Waals surface area contributed by atoms with E-state index in [1.165, 1.54) is 0 Å². The molecule has 1 atom stereocenters. The van der Waals surface area contributed by atoms with Gasteiger partial charge in [-0.3, -0.25) is 4.79 Å².